The summed E-state index contributed by atoms with van der Waals surface area (Å²) in [6.45, 7) is 0. The van der Waals surface area contributed by atoms with E-state index < -0.39 is 6.04 Å². The van der Waals surface area contributed by atoms with Crippen molar-refractivity contribution in [2.45, 2.75) is 44.2 Å². The van der Waals surface area contributed by atoms with Gasteiger partial charge in [-0.15, -0.1) is 0 Å². The SMILES string of the molecule is CSCC[C@H](C(=O)NC1CCCC1)N1C(=O)c2ccccc2C1=O. The van der Waals surface area contributed by atoms with Crippen LogP contribution in [0.4, 0.5) is 0 Å². The number of amides is 3. The number of rotatable bonds is 6. The van der Waals surface area contributed by atoms with Crippen molar-refractivity contribution >= 4 is 29.5 Å². The molecule has 1 atom stereocenters. The lowest BCUT2D eigenvalue weighted by atomic mass is 10.1. The molecule has 1 aromatic rings. The first-order valence-electron chi connectivity index (χ1n) is 8.39. The molecule has 0 radical (unpaired) electrons. The number of imide groups is 1. The Kier molecular flexibility index (Phi) is 5.23. The fourth-order valence-electron chi connectivity index (χ4n) is 3.47. The Hall–Kier alpha value is -1.82. The average molecular weight is 346 g/mol. The lowest BCUT2D eigenvalue weighted by molar-refractivity contribution is -0.125. The van der Waals surface area contributed by atoms with E-state index in [1.165, 1.54) is 0 Å². The van der Waals surface area contributed by atoms with Crippen molar-refractivity contribution in [3.8, 4) is 0 Å². The summed E-state index contributed by atoms with van der Waals surface area (Å²) in [4.78, 5) is 39.3. The van der Waals surface area contributed by atoms with Crippen molar-refractivity contribution in [2.24, 2.45) is 0 Å². The first kappa shape index (κ1) is 17.0. The van der Waals surface area contributed by atoms with Crippen molar-refractivity contribution < 1.29 is 14.4 Å². The summed E-state index contributed by atoms with van der Waals surface area (Å²) in [6, 6.07) is 6.22. The van der Waals surface area contributed by atoms with Crippen LogP contribution in [0.3, 0.4) is 0 Å². The predicted molar refractivity (Wildman–Crippen MR) is 94.1 cm³/mol. The lowest BCUT2D eigenvalue weighted by Gasteiger charge is -2.26. The third-order valence-corrected chi connectivity index (χ3v) is 5.38. The van der Waals surface area contributed by atoms with E-state index in [-0.39, 0.29) is 23.8 Å². The minimum Gasteiger partial charge on any atom is -0.352 e. The molecule has 5 nitrogen and oxygen atoms in total. The lowest BCUT2D eigenvalue weighted by Crippen LogP contribution is -2.51. The molecular weight excluding hydrogens is 324 g/mol. The molecule has 1 heterocycles. The first-order valence-corrected chi connectivity index (χ1v) is 9.79. The molecule has 24 heavy (non-hydrogen) atoms. The maximum absolute atomic E-state index is 12.8. The van der Waals surface area contributed by atoms with Crippen molar-refractivity contribution in [1.82, 2.24) is 10.2 Å². The van der Waals surface area contributed by atoms with Gasteiger partial charge in [-0.2, -0.15) is 11.8 Å². The smallest absolute Gasteiger partial charge is 0.262 e. The highest BCUT2D eigenvalue weighted by Gasteiger charge is 2.42. The van der Waals surface area contributed by atoms with Crippen LogP contribution in [0.15, 0.2) is 24.3 Å². The van der Waals surface area contributed by atoms with Crippen molar-refractivity contribution in [3.63, 3.8) is 0 Å². The van der Waals surface area contributed by atoms with Crippen LogP contribution in [0.1, 0.15) is 52.8 Å². The molecule has 0 bridgehead atoms. The van der Waals surface area contributed by atoms with E-state index in [1.54, 1.807) is 36.0 Å². The first-order chi connectivity index (χ1) is 11.6. The number of nitrogens with zero attached hydrogens (tertiary/aromatic N) is 1. The molecule has 1 aliphatic carbocycles. The second-order valence-corrected chi connectivity index (χ2v) is 7.30. The maximum Gasteiger partial charge on any atom is 0.262 e. The molecule has 3 rings (SSSR count). The quantitative estimate of drug-likeness (QED) is 0.804. The number of benzene rings is 1. The Morgan fingerprint density at radius 1 is 1.21 bits per heavy atom. The highest BCUT2D eigenvalue weighted by atomic mass is 32.2. The molecule has 6 heteroatoms. The van der Waals surface area contributed by atoms with Crippen LogP contribution in [0, 0.1) is 0 Å². The topological polar surface area (TPSA) is 66.5 Å². The van der Waals surface area contributed by atoms with Crippen molar-refractivity contribution in [2.75, 3.05) is 12.0 Å². The third kappa shape index (κ3) is 3.20. The van der Waals surface area contributed by atoms with Gasteiger partial charge in [-0.25, -0.2) is 0 Å². The molecule has 1 fully saturated rings. The summed E-state index contributed by atoms with van der Waals surface area (Å²) in [5.74, 6) is -0.201. The second kappa shape index (κ2) is 7.38. The minimum absolute atomic E-state index is 0.171. The van der Waals surface area contributed by atoms with Crippen LogP contribution in [-0.2, 0) is 4.79 Å². The Balaban J connectivity index is 1.82. The number of thioether (sulfide) groups is 1. The Bertz CT molecular complexity index is 620. The largest absolute Gasteiger partial charge is 0.352 e. The summed E-state index contributed by atoms with van der Waals surface area (Å²) in [5.41, 5.74) is 0.788. The molecular formula is C18H22N2O3S. The van der Waals surface area contributed by atoms with Gasteiger partial charge in [-0.05, 0) is 43.4 Å². The predicted octanol–water partition coefficient (Wildman–Crippen LogP) is 2.46. The molecule has 0 spiro atoms. The Morgan fingerprint density at radius 3 is 2.33 bits per heavy atom. The summed E-state index contributed by atoms with van der Waals surface area (Å²) in [7, 11) is 0. The Morgan fingerprint density at radius 2 is 1.79 bits per heavy atom. The molecule has 0 unspecified atom stereocenters. The molecule has 0 saturated heterocycles. The fraction of sp³-hybridized carbons (Fsp3) is 0.500. The molecule has 0 aromatic heterocycles. The van der Waals surface area contributed by atoms with E-state index in [4.69, 9.17) is 0 Å². The number of hydrogen-bond acceptors (Lipinski definition) is 4. The van der Waals surface area contributed by atoms with Crippen molar-refractivity contribution in [1.29, 1.82) is 0 Å². The van der Waals surface area contributed by atoms with Gasteiger partial charge in [0.15, 0.2) is 0 Å². The molecule has 3 amide bonds. The summed E-state index contributed by atoms with van der Waals surface area (Å²) in [6.07, 6.45) is 6.62. The fourth-order valence-corrected chi connectivity index (χ4v) is 3.92. The van der Waals surface area contributed by atoms with Crippen LogP contribution in [0.25, 0.3) is 0 Å². The van der Waals surface area contributed by atoms with Gasteiger partial charge in [0, 0.05) is 6.04 Å². The van der Waals surface area contributed by atoms with Crippen LogP contribution in [0.5, 0.6) is 0 Å². The van der Waals surface area contributed by atoms with E-state index in [0.717, 1.165) is 36.3 Å². The zero-order valence-electron chi connectivity index (χ0n) is 13.8. The zero-order valence-corrected chi connectivity index (χ0v) is 14.6. The van der Waals surface area contributed by atoms with E-state index in [9.17, 15) is 14.4 Å². The number of hydrogen-bond donors (Lipinski definition) is 1. The summed E-state index contributed by atoms with van der Waals surface area (Å²) >= 11 is 1.61. The van der Waals surface area contributed by atoms with Gasteiger partial charge in [0.05, 0.1) is 11.1 Å². The van der Waals surface area contributed by atoms with Gasteiger partial charge in [0.25, 0.3) is 11.8 Å². The highest BCUT2D eigenvalue weighted by molar-refractivity contribution is 7.98. The third-order valence-electron chi connectivity index (χ3n) is 4.74. The number of carbonyl (C=O) groups is 3. The van der Waals surface area contributed by atoms with E-state index in [2.05, 4.69) is 5.32 Å². The second-order valence-electron chi connectivity index (χ2n) is 6.31. The van der Waals surface area contributed by atoms with Gasteiger partial charge < -0.3 is 5.32 Å². The van der Waals surface area contributed by atoms with Gasteiger partial charge >= 0.3 is 0 Å². The van der Waals surface area contributed by atoms with E-state index >= 15 is 0 Å². The van der Waals surface area contributed by atoms with Gasteiger partial charge in [-0.3, -0.25) is 19.3 Å². The van der Waals surface area contributed by atoms with Crippen LogP contribution in [0.2, 0.25) is 0 Å². The molecule has 1 N–H and O–H groups in total. The highest BCUT2D eigenvalue weighted by Crippen LogP contribution is 2.27. The van der Waals surface area contributed by atoms with E-state index in [1.807, 2.05) is 6.26 Å². The normalized spacial score (nSPS) is 18.8. The van der Waals surface area contributed by atoms with Crippen LogP contribution < -0.4 is 5.32 Å². The number of nitrogens with one attached hydrogen (secondary N) is 1. The molecule has 1 aromatic carbocycles. The minimum atomic E-state index is -0.731. The van der Waals surface area contributed by atoms with E-state index in [0.29, 0.717) is 17.5 Å². The van der Waals surface area contributed by atoms with Gasteiger partial charge in [0.2, 0.25) is 5.91 Å². The van der Waals surface area contributed by atoms with Crippen LogP contribution >= 0.6 is 11.8 Å². The Labute approximate surface area is 146 Å². The molecule has 128 valence electrons. The summed E-state index contributed by atoms with van der Waals surface area (Å²) in [5, 5.41) is 3.04. The van der Waals surface area contributed by atoms with Gasteiger partial charge in [-0.1, -0.05) is 25.0 Å². The summed E-state index contributed by atoms with van der Waals surface area (Å²) < 4.78 is 0. The average Bonchev–Trinajstić information content (AvgIpc) is 3.18. The molecule has 1 saturated carbocycles. The number of carbonyl (C=O) groups excluding carboxylic acids is 3. The van der Waals surface area contributed by atoms with Gasteiger partial charge in [0.1, 0.15) is 6.04 Å². The molecule has 2 aliphatic rings. The standard InChI is InChI=1S/C18H22N2O3S/c1-24-11-10-15(16(21)19-12-6-2-3-7-12)20-17(22)13-8-4-5-9-14(13)18(20)23/h4-5,8-9,12,15H,2-3,6-7,10-11H2,1H3,(H,19,21)/t15-/m1/s1. The monoisotopic (exact) mass is 346 g/mol. The number of fused-ring (bicyclic) bond motifs is 1. The zero-order chi connectivity index (χ0) is 17.1. The molecule has 1 aliphatic heterocycles. The maximum atomic E-state index is 12.8. The van der Waals surface area contributed by atoms with Crippen LogP contribution in [-0.4, -0.2) is 46.7 Å². The van der Waals surface area contributed by atoms with Crippen molar-refractivity contribution in [3.05, 3.63) is 35.4 Å².